The van der Waals surface area contributed by atoms with Gasteiger partial charge in [0.25, 0.3) is 5.91 Å². The van der Waals surface area contributed by atoms with E-state index in [9.17, 15) is 27.6 Å². The molecule has 3 fully saturated rings. The molecular weight excluding hydrogens is 467 g/mol. The van der Waals surface area contributed by atoms with Crippen molar-refractivity contribution in [3.8, 4) is 5.75 Å². The molecule has 0 radical (unpaired) electrons. The number of alkyl halides is 3. The van der Waals surface area contributed by atoms with E-state index in [0.717, 1.165) is 31.2 Å². The van der Waals surface area contributed by atoms with Crippen LogP contribution in [-0.4, -0.2) is 77.7 Å². The second-order valence-corrected chi connectivity index (χ2v) is 9.73. The maximum atomic E-state index is 12.9. The number of amides is 3. The highest BCUT2D eigenvalue weighted by molar-refractivity contribution is 6.05. The van der Waals surface area contributed by atoms with Crippen molar-refractivity contribution >= 4 is 17.7 Å². The van der Waals surface area contributed by atoms with Crippen LogP contribution in [0, 0.1) is 0 Å². The van der Waals surface area contributed by atoms with Crippen LogP contribution in [-0.2, 0) is 20.9 Å². The highest BCUT2D eigenvalue weighted by Crippen LogP contribution is 2.34. The van der Waals surface area contributed by atoms with Crippen molar-refractivity contribution in [3.63, 3.8) is 0 Å². The number of likely N-dealkylation sites (tertiary alicyclic amines) is 1. The summed E-state index contributed by atoms with van der Waals surface area (Å²) in [7, 11) is 0. The van der Waals surface area contributed by atoms with Crippen LogP contribution in [0.4, 0.5) is 13.2 Å². The van der Waals surface area contributed by atoms with Gasteiger partial charge in [-0.1, -0.05) is 6.42 Å². The maximum absolute atomic E-state index is 12.9. The second kappa shape index (κ2) is 9.42. The SMILES string of the molecule is O=C1CCC(N2Cc3cc(O[C@H]4CCCC[C@H]4N4CC(OCC(F)(F)F)C4)ccc3C2=O)C(=O)N1. The number of hydrogen-bond donors (Lipinski definition) is 1. The van der Waals surface area contributed by atoms with Crippen molar-refractivity contribution in [2.75, 3.05) is 19.7 Å². The van der Waals surface area contributed by atoms with Crippen molar-refractivity contribution in [2.45, 2.75) is 75.5 Å². The summed E-state index contributed by atoms with van der Waals surface area (Å²) < 4.78 is 48.5. The topological polar surface area (TPSA) is 88.2 Å². The van der Waals surface area contributed by atoms with Crippen LogP contribution >= 0.6 is 0 Å². The molecule has 1 aromatic carbocycles. The number of hydrogen-bond acceptors (Lipinski definition) is 6. The number of nitrogens with one attached hydrogen (secondary N) is 1. The lowest BCUT2D eigenvalue weighted by molar-refractivity contribution is -0.204. The van der Waals surface area contributed by atoms with E-state index in [1.165, 1.54) is 4.90 Å². The summed E-state index contributed by atoms with van der Waals surface area (Å²) >= 11 is 0. The number of fused-ring (bicyclic) bond motifs is 1. The summed E-state index contributed by atoms with van der Waals surface area (Å²) in [5, 5.41) is 2.30. The largest absolute Gasteiger partial charge is 0.489 e. The molecule has 11 heteroatoms. The molecule has 1 saturated carbocycles. The lowest BCUT2D eigenvalue weighted by atomic mass is 9.89. The monoisotopic (exact) mass is 495 g/mol. The Labute approximate surface area is 200 Å². The fraction of sp³-hybridized carbons (Fsp3) is 0.625. The highest BCUT2D eigenvalue weighted by Gasteiger charge is 2.42. The average Bonchev–Trinajstić information content (AvgIpc) is 3.08. The van der Waals surface area contributed by atoms with Gasteiger partial charge in [-0.2, -0.15) is 13.2 Å². The molecule has 0 bridgehead atoms. The minimum Gasteiger partial charge on any atom is -0.489 e. The van der Waals surface area contributed by atoms with E-state index in [4.69, 9.17) is 9.47 Å². The van der Waals surface area contributed by atoms with Crippen LogP contribution in [0.25, 0.3) is 0 Å². The number of benzene rings is 1. The van der Waals surface area contributed by atoms with Crippen LogP contribution in [0.2, 0.25) is 0 Å². The molecule has 190 valence electrons. The third-order valence-electron chi connectivity index (χ3n) is 7.28. The van der Waals surface area contributed by atoms with Crippen molar-refractivity contribution in [1.82, 2.24) is 15.1 Å². The molecule has 3 aliphatic heterocycles. The molecule has 1 unspecified atom stereocenters. The molecule has 0 spiro atoms. The standard InChI is InChI=1S/C24H28F3N3O5/c25-24(26,27)13-34-16-11-29(12-16)18-3-1-2-4-20(18)35-15-5-6-17-14(9-15)10-30(23(17)33)19-7-8-21(31)28-22(19)32/h5-6,9,16,18-20H,1-4,7-8,10-13H2,(H,28,31,32)/t18-,19?,20+/m1/s1. The van der Waals surface area contributed by atoms with E-state index in [1.54, 1.807) is 12.1 Å². The summed E-state index contributed by atoms with van der Waals surface area (Å²) in [4.78, 5) is 40.2. The summed E-state index contributed by atoms with van der Waals surface area (Å²) in [6.07, 6.45) is -0.536. The van der Waals surface area contributed by atoms with Gasteiger partial charge < -0.3 is 14.4 Å². The van der Waals surface area contributed by atoms with Crippen molar-refractivity contribution in [3.05, 3.63) is 29.3 Å². The average molecular weight is 495 g/mol. The molecule has 8 nitrogen and oxygen atoms in total. The molecule has 1 aliphatic carbocycles. The first-order chi connectivity index (χ1) is 16.7. The van der Waals surface area contributed by atoms with Gasteiger partial charge in [-0.3, -0.25) is 24.6 Å². The van der Waals surface area contributed by atoms with Crippen LogP contribution in [0.5, 0.6) is 5.75 Å². The van der Waals surface area contributed by atoms with Crippen molar-refractivity contribution < 1.29 is 37.0 Å². The van der Waals surface area contributed by atoms with Crippen LogP contribution in [0.15, 0.2) is 18.2 Å². The van der Waals surface area contributed by atoms with Gasteiger partial charge in [0.2, 0.25) is 11.8 Å². The number of nitrogens with zero attached hydrogens (tertiary/aromatic N) is 2. The van der Waals surface area contributed by atoms with E-state index in [2.05, 4.69) is 10.2 Å². The van der Waals surface area contributed by atoms with Gasteiger partial charge in [-0.05, 0) is 49.4 Å². The van der Waals surface area contributed by atoms with E-state index < -0.39 is 30.8 Å². The zero-order valence-electron chi connectivity index (χ0n) is 19.2. The third kappa shape index (κ3) is 5.16. The smallest absolute Gasteiger partial charge is 0.411 e. The molecule has 2 saturated heterocycles. The normalized spacial score (nSPS) is 28.0. The summed E-state index contributed by atoms with van der Waals surface area (Å²) in [5.74, 6) is -0.379. The predicted molar refractivity (Wildman–Crippen MR) is 117 cm³/mol. The molecule has 5 rings (SSSR count). The number of piperidine rings is 1. The van der Waals surface area contributed by atoms with Crippen LogP contribution in [0.3, 0.4) is 0 Å². The molecule has 3 heterocycles. The molecule has 3 atom stereocenters. The fourth-order valence-electron chi connectivity index (χ4n) is 5.49. The molecular formula is C24H28F3N3O5. The number of rotatable bonds is 6. The molecule has 4 aliphatic rings. The summed E-state index contributed by atoms with van der Waals surface area (Å²) in [5.41, 5.74) is 1.30. The van der Waals surface area contributed by atoms with Crippen LogP contribution < -0.4 is 10.1 Å². The quantitative estimate of drug-likeness (QED) is 0.610. The van der Waals surface area contributed by atoms with E-state index in [1.807, 2.05) is 6.07 Å². The highest BCUT2D eigenvalue weighted by atomic mass is 19.4. The zero-order chi connectivity index (χ0) is 24.7. The van der Waals surface area contributed by atoms with Gasteiger partial charge in [-0.15, -0.1) is 0 Å². The predicted octanol–water partition coefficient (Wildman–Crippen LogP) is 2.40. The summed E-state index contributed by atoms with van der Waals surface area (Å²) in [6.45, 7) is -0.0314. The lowest BCUT2D eigenvalue weighted by Crippen LogP contribution is -2.61. The van der Waals surface area contributed by atoms with Gasteiger partial charge in [0, 0.05) is 37.7 Å². The van der Waals surface area contributed by atoms with Gasteiger partial charge in [0.15, 0.2) is 0 Å². The van der Waals surface area contributed by atoms with Gasteiger partial charge in [0.1, 0.15) is 24.5 Å². The Morgan fingerprint density at radius 2 is 1.83 bits per heavy atom. The Kier molecular flexibility index (Phi) is 6.47. The second-order valence-electron chi connectivity index (χ2n) is 9.73. The maximum Gasteiger partial charge on any atom is 0.411 e. The van der Waals surface area contributed by atoms with E-state index in [0.29, 0.717) is 30.8 Å². The van der Waals surface area contributed by atoms with Crippen LogP contribution in [0.1, 0.15) is 54.4 Å². The number of carbonyl (C=O) groups is 3. The minimum absolute atomic E-state index is 0.101. The lowest BCUT2D eigenvalue weighted by Gasteiger charge is -2.48. The number of halogens is 3. The van der Waals surface area contributed by atoms with E-state index in [-0.39, 0.29) is 36.9 Å². The first kappa shape index (κ1) is 24.1. The van der Waals surface area contributed by atoms with Crippen molar-refractivity contribution in [1.29, 1.82) is 0 Å². The molecule has 1 N–H and O–H groups in total. The molecule has 1 aromatic rings. The summed E-state index contributed by atoms with van der Waals surface area (Å²) in [6, 6.07) is 4.72. The minimum atomic E-state index is -4.32. The Bertz CT molecular complexity index is 1010. The van der Waals surface area contributed by atoms with E-state index >= 15 is 0 Å². The Morgan fingerprint density at radius 1 is 1.06 bits per heavy atom. The Hall–Kier alpha value is -2.66. The van der Waals surface area contributed by atoms with Gasteiger partial charge in [0.05, 0.1) is 6.10 Å². The van der Waals surface area contributed by atoms with Gasteiger partial charge >= 0.3 is 6.18 Å². The fourth-order valence-corrected chi connectivity index (χ4v) is 5.49. The molecule has 3 amide bonds. The van der Waals surface area contributed by atoms with Crippen molar-refractivity contribution in [2.24, 2.45) is 0 Å². The first-order valence-corrected chi connectivity index (χ1v) is 12.0. The third-order valence-corrected chi connectivity index (χ3v) is 7.28. The Balaban J connectivity index is 1.21. The Morgan fingerprint density at radius 3 is 2.57 bits per heavy atom. The first-order valence-electron chi connectivity index (χ1n) is 12.0. The number of imide groups is 1. The molecule has 35 heavy (non-hydrogen) atoms. The number of ether oxygens (including phenoxy) is 2. The number of carbonyl (C=O) groups excluding carboxylic acids is 3. The van der Waals surface area contributed by atoms with Gasteiger partial charge in [-0.25, -0.2) is 0 Å². The molecule has 0 aromatic heterocycles. The zero-order valence-corrected chi connectivity index (χ0v) is 19.2.